The Morgan fingerprint density at radius 3 is 2.58 bits per heavy atom. The molecule has 2 aromatic carbocycles. The number of esters is 1. The number of aromatic amines is 1. The van der Waals surface area contributed by atoms with Crippen molar-refractivity contribution in [3.05, 3.63) is 60.1 Å². The Hall–Kier alpha value is -3.30. The SMILES string of the molecule is COCCn1c(SC/C(O)=C(\C(=O)OC)c2nc3ccccc3[nH]2)nc2ccccc21. The number of para-hydroxylation sites is 4. The Bertz CT molecular complexity index is 1230. The molecular formula is C22H22N4O4S. The van der Waals surface area contributed by atoms with Gasteiger partial charge in [0.15, 0.2) is 5.16 Å². The van der Waals surface area contributed by atoms with Gasteiger partial charge in [-0.2, -0.15) is 0 Å². The van der Waals surface area contributed by atoms with Gasteiger partial charge in [-0.25, -0.2) is 14.8 Å². The van der Waals surface area contributed by atoms with Gasteiger partial charge in [-0.15, -0.1) is 0 Å². The Morgan fingerprint density at radius 2 is 1.84 bits per heavy atom. The van der Waals surface area contributed by atoms with Crippen LogP contribution in [0.3, 0.4) is 0 Å². The molecule has 4 rings (SSSR count). The number of rotatable bonds is 8. The van der Waals surface area contributed by atoms with E-state index in [9.17, 15) is 9.90 Å². The molecule has 0 atom stereocenters. The van der Waals surface area contributed by atoms with Crippen LogP contribution in [0.15, 0.2) is 59.4 Å². The summed E-state index contributed by atoms with van der Waals surface area (Å²) in [6.45, 7) is 1.15. The molecule has 0 unspecified atom stereocenters. The number of methoxy groups -OCH3 is 2. The predicted molar refractivity (Wildman–Crippen MR) is 120 cm³/mol. The molecule has 0 radical (unpaired) electrons. The lowest BCUT2D eigenvalue weighted by Crippen LogP contribution is -2.10. The van der Waals surface area contributed by atoms with Gasteiger partial charge in [0.2, 0.25) is 0 Å². The molecule has 2 N–H and O–H groups in total. The van der Waals surface area contributed by atoms with E-state index in [1.165, 1.54) is 18.9 Å². The highest BCUT2D eigenvalue weighted by Crippen LogP contribution is 2.28. The van der Waals surface area contributed by atoms with Crippen molar-refractivity contribution in [1.82, 2.24) is 19.5 Å². The van der Waals surface area contributed by atoms with Crippen LogP contribution in [0.2, 0.25) is 0 Å². The summed E-state index contributed by atoms with van der Waals surface area (Å²) in [6, 6.07) is 15.2. The number of ether oxygens (including phenoxy) is 2. The molecule has 0 spiro atoms. The number of hydrogen-bond donors (Lipinski definition) is 2. The number of benzene rings is 2. The Labute approximate surface area is 182 Å². The van der Waals surface area contributed by atoms with Crippen molar-refractivity contribution in [3.63, 3.8) is 0 Å². The largest absolute Gasteiger partial charge is 0.510 e. The molecule has 0 saturated carbocycles. The maximum absolute atomic E-state index is 12.4. The molecule has 2 aromatic heterocycles. The zero-order valence-electron chi connectivity index (χ0n) is 17.2. The van der Waals surface area contributed by atoms with Crippen molar-refractivity contribution < 1.29 is 19.4 Å². The fourth-order valence-corrected chi connectivity index (χ4v) is 4.21. The first-order valence-electron chi connectivity index (χ1n) is 9.65. The summed E-state index contributed by atoms with van der Waals surface area (Å²) in [6.07, 6.45) is 0. The second kappa shape index (κ2) is 9.23. The van der Waals surface area contributed by atoms with Crippen molar-refractivity contribution in [2.24, 2.45) is 0 Å². The van der Waals surface area contributed by atoms with E-state index in [1.54, 1.807) is 7.11 Å². The highest BCUT2D eigenvalue weighted by atomic mass is 32.2. The van der Waals surface area contributed by atoms with Crippen molar-refractivity contribution in [1.29, 1.82) is 0 Å². The first kappa shape index (κ1) is 21.0. The van der Waals surface area contributed by atoms with Crippen LogP contribution in [-0.4, -0.2) is 57.2 Å². The second-order valence-electron chi connectivity index (χ2n) is 6.73. The molecule has 31 heavy (non-hydrogen) atoms. The quantitative estimate of drug-likeness (QED) is 0.187. The number of thioether (sulfide) groups is 1. The average molecular weight is 439 g/mol. The van der Waals surface area contributed by atoms with Gasteiger partial charge in [-0.3, -0.25) is 0 Å². The minimum absolute atomic E-state index is 0.00533. The summed E-state index contributed by atoms with van der Waals surface area (Å²) in [5.74, 6) is -0.414. The topological polar surface area (TPSA) is 102 Å². The third-order valence-corrected chi connectivity index (χ3v) is 5.77. The number of H-pyrrole nitrogens is 1. The minimum Gasteiger partial charge on any atom is -0.510 e. The van der Waals surface area contributed by atoms with Crippen LogP contribution < -0.4 is 0 Å². The van der Waals surface area contributed by atoms with E-state index in [0.717, 1.165) is 21.7 Å². The highest BCUT2D eigenvalue weighted by Gasteiger charge is 2.23. The number of carbonyl (C=O) groups excluding carboxylic acids is 1. The van der Waals surface area contributed by atoms with Crippen LogP contribution >= 0.6 is 11.8 Å². The van der Waals surface area contributed by atoms with E-state index >= 15 is 0 Å². The fourth-order valence-electron chi connectivity index (χ4n) is 3.29. The Balaban J connectivity index is 1.67. The Morgan fingerprint density at radius 1 is 1.10 bits per heavy atom. The maximum atomic E-state index is 12.4. The summed E-state index contributed by atoms with van der Waals surface area (Å²) in [5.41, 5.74) is 3.30. The van der Waals surface area contributed by atoms with Crippen molar-refractivity contribution >= 4 is 45.4 Å². The van der Waals surface area contributed by atoms with E-state index in [1.807, 2.05) is 53.1 Å². The van der Waals surface area contributed by atoms with Crippen LogP contribution in [0.1, 0.15) is 5.82 Å². The molecule has 0 aliphatic carbocycles. The summed E-state index contributed by atoms with van der Waals surface area (Å²) in [4.78, 5) is 24.6. The summed E-state index contributed by atoms with van der Waals surface area (Å²) in [7, 11) is 2.92. The molecule has 0 fully saturated rings. The number of hydrogen-bond acceptors (Lipinski definition) is 7. The molecular weight excluding hydrogens is 416 g/mol. The second-order valence-corrected chi connectivity index (χ2v) is 7.67. The molecule has 0 bridgehead atoms. The lowest BCUT2D eigenvalue weighted by Gasteiger charge is -2.09. The average Bonchev–Trinajstić information content (AvgIpc) is 3.37. The van der Waals surface area contributed by atoms with Crippen LogP contribution in [0.25, 0.3) is 27.6 Å². The summed E-state index contributed by atoms with van der Waals surface area (Å²) >= 11 is 1.33. The molecule has 8 nitrogen and oxygen atoms in total. The molecule has 4 aromatic rings. The summed E-state index contributed by atoms with van der Waals surface area (Å²) < 4.78 is 12.2. The lowest BCUT2D eigenvalue weighted by atomic mass is 10.2. The van der Waals surface area contributed by atoms with Crippen molar-refractivity contribution in [2.45, 2.75) is 11.7 Å². The number of fused-ring (bicyclic) bond motifs is 2. The predicted octanol–water partition coefficient (Wildman–Crippen LogP) is 3.79. The van der Waals surface area contributed by atoms with E-state index in [4.69, 9.17) is 9.47 Å². The van der Waals surface area contributed by atoms with Crippen LogP contribution in [0, 0.1) is 0 Å². The van der Waals surface area contributed by atoms with E-state index in [2.05, 4.69) is 15.0 Å². The van der Waals surface area contributed by atoms with Gasteiger partial charge in [0.25, 0.3) is 0 Å². The minimum atomic E-state index is -0.662. The summed E-state index contributed by atoms with van der Waals surface area (Å²) in [5, 5.41) is 11.5. The molecule has 0 amide bonds. The van der Waals surface area contributed by atoms with E-state index in [-0.39, 0.29) is 22.9 Å². The van der Waals surface area contributed by atoms with E-state index < -0.39 is 5.97 Å². The molecule has 9 heteroatoms. The first-order chi connectivity index (χ1) is 15.1. The normalized spacial score (nSPS) is 12.3. The zero-order chi connectivity index (χ0) is 21.8. The number of aliphatic hydroxyl groups is 1. The fraction of sp³-hybridized carbons (Fsp3) is 0.227. The maximum Gasteiger partial charge on any atom is 0.345 e. The van der Waals surface area contributed by atoms with Gasteiger partial charge in [0.1, 0.15) is 17.2 Å². The standard InChI is InChI=1S/C22H22N4O4S/c1-29-12-11-26-17-10-6-5-9-16(17)25-22(26)31-13-18(27)19(21(28)30-2)20-23-14-7-3-4-8-15(14)24-20/h3-10,27H,11-13H2,1-2H3,(H,23,24)/b19-18+. The molecule has 0 saturated heterocycles. The van der Waals surface area contributed by atoms with Gasteiger partial charge < -0.3 is 24.1 Å². The number of aliphatic hydroxyl groups excluding tert-OH is 1. The number of nitrogens with one attached hydrogen (secondary N) is 1. The van der Waals surface area contributed by atoms with Crippen molar-refractivity contribution in [3.8, 4) is 0 Å². The first-order valence-corrected chi connectivity index (χ1v) is 10.6. The van der Waals surface area contributed by atoms with Gasteiger partial charge in [-0.05, 0) is 24.3 Å². The number of nitrogens with zero attached hydrogens (tertiary/aromatic N) is 3. The van der Waals surface area contributed by atoms with Gasteiger partial charge in [0, 0.05) is 13.7 Å². The van der Waals surface area contributed by atoms with Crippen LogP contribution in [0.4, 0.5) is 0 Å². The lowest BCUT2D eigenvalue weighted by molar-refractivity contribution is -0.133. The Kier molecular flexibility index (Phi) is 6.24. The monoisotopic (exact) mass is 438 g/mol. The van der Waals surface area contributed by atoms with Gasteiger partial charge >= 0.3 is 5.97 Å². The van der Waals surface area contributed by atoms with Crippen LogP contribution in [-0.2, 0) is 20.8 Å². The molecule has 160 valence electrons. The molecule has 2 heterocycles. The van der Waals surface area contributed by atoms with E-state index in [0.29, 0.717) is 18.7 Å². The van der Waals surface area contributed by atoms with Crippen molar-refractivity contribution in [2.75, 3.05) is 26.6 Å². The number of carbonyl (C=O) groups is 1. The third kappa shape index (κ3) is 4.28. The number of imidazole rings is 2. The third-order valence-electron chi connectivity index (χ3n) is 4.78. The molecule has 0 aliphatic heterocycles. The smallest absolute Gasteiger partial charge is 0.345 e. The highest BCUT2D eigenvalue weighted by molar-refractivity contribution is 7.99. The van der Waals surface area contributed by atoms with Gasteiger partial charge in [0.05, 0.1) is 41.5 Å². The van der Waals surface area contributed by atoms with Crippen LogP contribution in [0.5, 0.6) is 0 Å². The molecule has 0 aliphatic rings. The zero-order valence-corrected chi connectivity index (χ0v) is 18.0. The number of aromatic nitrogens is 4. The van der Waals surface area contributed by atoms with Gasteiger partial charge in [-0.1, -0.05) is 36.0 Å².